The van der Waals surface area contributed by atoms with E-state index in [1.165, 1.54) is 0 Å². The first kappa shape index (κ1) is 30.0. The number of carbonyl (C=O) groups is 3. The fraction of sp³-hybridized carbons (Fsp3) is 0.297. The number of Topliss-reactive ketones (excluding diaryl/α,β-unsaturated/α-hetero) is 2. The quantitative estimate of drug-likeness (QED) is 0.180. The minimum Gasteiger partial charge on any atom is -0.487 e. The van der Waals surface area contributed by atoms with Crippen LogP contribution in [-0.2, 0) is 19.6 Å². The Morgan fingerprint density at radius 3 is 2.32 bits per heavy atom. The van der Waals surface area contributed by atoms with Crippen molar-refractivity contribution in [2.45, 2.75) is 38.5 Å². The minimum atomic E-state index is -0.902. The maximum absolute atomic E-state index is 16.0. The molecule has 3 aromatic carbocycles. The van der Waals surface area contributed by atoms with E-state index in [9.17, 15) is 14.4 Å². The van der Waals surface area contributed by atoms with Gasteiger partial charge in [-0.25, -0.2) is 4.39 Å². The molecule has 47 heavy (non-hydrogen) atoms. The van der Waals surface area contributed by atoms with Crippen molar-refractivity contribution in [2.75, 3.05) is 14.1 Å². The number of ketones is 2. The Morgan fingerprint density at radius 2 is 1.68 bits per heavy atom. The Morgan fingerprint density at radius 1 is 1.02 bits per heavy atom. The van der Waals surface area contributed by atoms with E-state index in [0.717, 1.165) is 16.7 Å². The van der Waals surface area contributed by atoms with Crippen LogP contribution in [0.1, 0.15) is 72.4 Å². The summed E-state index contributed by atoms with van der Waals surface area (Å²) in [4.78, 5) is 43.2. The Hall–Kier alpha value is -4.41. The molecule has 0 aliphatic heterocycles. The molecule has 8 rings (SSSR count). The Kier molecular flexibility index (Phi) is 7.07. The Labute approximate surface area is 278 Å². The van der Waals surface area contributed by atoms with Crippen molar-refractivity contribution in [1.29, 1.82) is 0 Å². The van der Waals surface area contributed by atoms with Crippen molar-refractivity contribution >= 4 is 33.8 Å². The van der Waals surface area contributed by atoms with Crippen molar-refractivity contribution in [3.8, 4) is 11.6 Å². The van der Waals surface area contributed by atoms with Gasteiger partial charge in [-0.3, -0.25) is 19.3 Å². The molecule has 8 nitrogen and oxygen atoms in total. The molecule has 1 heterocycles. The molecule has 4 aromatic rings. The molecule has 4 aliphatic carbocycles. The fourth-order valence-electron chi connectivity index (χ4n) is 8.13. The maximum Gasteiger partial charge on any atom is 0.265 e. The van der Waals surface area contributed by atoms with Crippen LogP contribution in [0.25, 0.3) is 0 Å². The summed E-state index contributed by atoms with van der Waals surface area (Å²) in [5.74, 6) is -1.04. The van der Waals surface area contributed by atoms with E-state index in [1.54, 1.807) is 0 Å². The zero-order valence-corrected chi connectivity index (χ0v) is 27.3. The zero-order valence-electron chi connectivity index (χ0n) is 25.7. The van der Waals surface area contributed by atoms with Crippen LogP contribution in [0.2, 0.25) is 0 Å². The summed E-state index contributed by atoms with van der Waals surface area (Å²) in [6, 6.07) is 18.7. The van der Waals surface area contributed by atoms with Gasteiger partial charge in [0.25, 0.3) is 5.88 Å². The van der Waals surface area contributed by atoms with E-state index in [2.05, 4.69) is 21.1 Å². The van der Waals surface area contributed by atoms with Crippen LogP contribution in [-0.4, -0.2) is 42.0 Å². The van der Waals surface area contributed by atoms with Gasteiger partial charge >= 0.3 is 0 Å². The highest BCUT2D eigenvalue weighted by Crippen LogP contribution is 2.72. The molecule has 4 unspecified atom stereocenters. The van der Waals surface area contributed by atoms with Crippen molar-refractivity contribution in [2.24, 2.45) is 17.3 Å². The molecule has 4 atom stereocenters. The first-order chi connectivity index (χ1) is 22.8. The first-order valence-corrected chi connectivity index (χ1v) is 16.4. The summed E-state index contributed by atoms with van der Waals surface area (Å²) in [6.45, 7) is 0.339. The molecule has 1 aromatic heterocycles. The van der Waals surface area contributed by atoms with Gasteiger partial charge in [-0.2, -0.15) is 0 Å². The number of hydrogen-bond donors (Lipinski definition) is 0. The van der Waals surface area contributed by atoms with Crippen LogP contribution in [0, 0.1) is 23.1 Å². The molecule has 1 saturated carbocycles. The van der Waals surface area contributed by atoms with Crippen molar-refractivity contribution in [3.63, 3.8) is 0 Å². The van der Waals surface area contributed by atoms with Gasteiger partial charge in [-0.1, -0.05) is 60.7 Å². The van der Waals surface area contributed by atoms with Gasteiger partial charge in [0.2, 0.25) is 0 Å². The molecule has 1 fully saturated rings. The van der Waals surface area contributed by atoms with Gasteiger partial charge in [0.05, 0.1) is 27.1 Å². The van der Waals surface area contributed by atoms with Crippen LogP contribution >= 0.6 is 15.9 Å². The molecule has 0 bridgehead atoms. The minimum absolute atomic E-state index is 0.104. The number of benzene rings is 3. The molecular formula is C37H30BrFN2O6. The summed E-state index contributed by atoms with van der Waals surface area (Å²) >= 11 is 3.37. The third kappa shape index (κ3) is 4.41. The summed E-state index contributed by atoms with van der Waals surface area (Å²) in [5, 5.41) is 4.21. The number of rotatable bonds is 8. The molecule has 0 radical (unpaired) electrons. The number of ether oxygens (including phenoxy) is 2. The average Bonchev–Trinajstić information content (AvgIpc) is 3.70. The van der Waals surface area contributed by atoms with E-state index in [0.29, 0.717) is 36.0 Å². The molecule has 238 valence electrons. The highest BCUT2D eigenvalue weighted by Gasteiger charge is 2.71. The predicted octanol–water partition coefficient (Wildman–Crippen LogP) is 7.11. The number of aldehydes is 1. The number of nitrogens with zero attached hydrogens (tertiary/aromatic N) is 2. The molecule has 10 heteroatoms. The fourth-order valence-corrected chi connectivity index (χ4v) is 8.71. The Balaban J connectivity index is 1.21. The lowest BCUT2D eigenvalue weighted by Gasteiger charge is -2.44. The predicted molar refractivity (Wildman–Crippen MR) is 172 cm³/mol. The number of aromatic nitrogens is 1. The van der Waals surface area contributed by atoms with Gasteiger partial charge in [0, 0.05) is 11.1 Å². The molecule has 0 amide bonds. The molecular weight excluding hydrogens is 667 g/mol. The lowest BCUT2D eigenvalue weighted by molar-refractivity contribution is 0.0555. The molecule has 4 aliphatic rings. The second-order valence-electron chi connectivity index (χ2n) is 13.0. The second-order valence-corrected chi connectivity index (χ2v) is 13.8. The van der Waals surface area contributed by atoms with Crippen molar-refractivity contribution < 1.29 is 32.8 Å². The smallest absolute Gasteiger partial charge is 0.265 e. The van der Waals surface area contributed by atoms with E-state index < -0.39 is 11.2 Å². The topological polar surface area (TPSA) is 98.9 Å². The number of hydrogen-bond acceptors (Lipinski definition) is 8. The lowest BCUT2D eigenvalue weighted by Crippen LogP contribution is -2.46. The van der Waals surface area contributed by atoms with Crippen molar-refractivity contribution in [1.82, 2.24) is 10.1 Å². The van der Waals surface area contributed by atoms with Crippen LogP contribution < -0.4 is 9.47 Å². The van der Waals surface area contributed by atoms with Gasteiger partial charge in [-0.05, 0) is 83.0 Å². The van der Waals surface area contributed by atoms with Crippen LogP contribution in [0.5, 0.6) is 11.6 Å². The van der Waals surface area contributed by atoms with Crippen molar-refractivity contribution in [3.05, 3.63) is 121 Å². The Bertz CT molecular complexity index is 2010. The molecule has 1 spiro atoms. The maximum atomic E-state index is 16.0. The highest BCUT2D eigenvalue weighted by atomic mass is 79.9. The van der Waals surface area contributed by atoms with Gasteiger partial charge in [-0.15, -0.1) is 0 Å². The number of fused-ring (bicyclic) bond motifs is 3. The van der Waals surface area contributed by atoms with Crippen LogP contribution in [0.3, 0.4) is 0 Å². The lowest BCUT2D eigenvalue weighted by atomic mass is 9.61. The molecule has 0 saturated heterocycles. The van der Waals surface area contributed by atoms with Gasteiger partial charge in [0.15, 0.2) is 23.6 Å². The second kappa shape index (κ2) is 11.1. The number of carbonyl (C=O) groups excluding carboxylic acids is 3. The van der Waals surface area contributed by atoms with E-state index in [-0.39, 0.29) is 81.9 Å². The molecule has 0 N–H and O–H groups in total. The largest absolute Gasteiger partial charge is 0.487 e. The summed E-state index contributed by atoms with van der Waals surface area (Å²) < 4.78 is 34.2. The van der Waals surface area contributed by atoms with E-state index in [1.807, 2.05) is 79.7 Å². The van der Waals surface area contributed by atoms with Gasteiger partial charge < -0.3 is 14.0 Å². The summed E-state index contributed by atoms with van der Waals surface area (Å²) in [7, 11) is 3.86. The monoisotopic (exact) mass is 696 g/mol. The van der Waals surface area contributed by atoms with Gasteiger partial charge in [0.1, 0.15) is 30.3 Å². The van der Waals surface area contributed by atoms with Crippen LogP contribution in [0.4, 0.5) is 4.39 Å². The average molecular weight is 698 g/mol. The normalized spacial score (nSPS) is 23.8. The van der Waals surface area contributed by atoms with Crippen LogP contribution in [0.15, 0.2) is 80.8 Å². The van der Waals surface area contributed by atoms with E-state index in [4.69, 9.17) is 14.0 Å². The first-order valence-electron chi connectivity index (χ1n) is 15.6. The SMILES string of the molecule is CN(C)C1c2onc(OCc3ccccc3)c2C(=O)C23CC2=C2C(=O)c4c(c(F)c(C=O)c(Br)c4OCc4ccccc4)CC2CC13. The summed E-state index contributed by atoms with van der Waals surface area (Å²) in [6.07, 6.45) is 1.54. The number of halogens is 2. The van der Waals surface area contributed by atoms with E-state index >= 15 is 4.39 Å². The summed E-state index contributed by atoms with van der Waals surface area (Å²) in [5.41, 5.74) is 2.65. The third-order valence-corrected chi connectivity index (χ3v) is 11.0. The standard InChI is InChI=1S/C37H30BrFN2O6/c1-41(2)31-24-14-21-13-22-27(33(29(38)23(16-42)30(22)39)45-17-19-9-5-3-6-10-19)32(43)26(21)25-15-37(24,25)35(44)28-34(31)47-40-36(28)46-18-20-11-7-4-8-12-20/h3-12,16,21,24,31H,13-15,17-18H2,1-2H3. The zero-order chi connectivity index (χ0) is 32.6. The third-order valence-electron chi connectivity index (χ3n) is 10.2. The number of allylic oxidation sites excluding steroid dienone is 2. The highest BCUT2D eigenvalue weighted by molar-refractivity contribution is 9.10.